The number of carbonyl (C=O) groups is 1. The number of aromatic amines is 1. The van der Waals surface area contributed by atoms with Gasteiger partial charge in [-0.25, -0.2) is 0 Å². The molecule has 0 aliphatic carbocycles. The molecular weight excluding hydrogens is 346 g/mol. The van der Waals surface area contributed by atoms with Crippen molar-refractivity contribution in [2.75, 3.05) is 26.1 Å². The molecule has 2 aromatic carbocycles. The van der Waals surface area contributed by atoms with Gasteiger partial charge in [0.25, 0.3) is 5.91 Å². The Balaban J connectivity index is 1.77. The van der Waals surface area contributed by atoms with Gasteiger partial charge in [-0.2, -0.15) is 5.10 Å². The van der Waals surface area contributed by atoms with Gasteiger partial charge in [0.05, 0.1) is 32.2 Å². The highest BCUT2D eigenvalue weighted by atomic mass is 16.5. The maximum atomic E-state index is 12.6. The van der Waals surface area contributed by atoms with E-state index >= 15 is 0 Å². The van der Waals surface area contributed by atoms with Crippen LogP contribution in [0.2, 0.25) is 0 Å². The number of ether oxygens (including phenoxy) is 3. The van der Waals surface area contributed by atoms with Crippen LogP contribution in [0.1, 0.15) is 17.4 Å². The standard InChI is InChI=1S/C20H21N3O4/c1-4-27-14-7-5-13(6-8-14)16-12-18(23-22-16)20(24)21-17-11-15(25-2)9-10-19(17)26-3/h5-12H,4H2,1-3H3,(H,21,24)(H,22,23). The van der Waals surface area contributed by atoms with Crippen LogP contribution in [-0.2, 0) is 0 Å². The Morgan fingerprint density at radius 2 is 1.78 bits per heavy atom. The molecular formula is C20H21N3O4. The molecule has 7 heteroatoms. The van der Waals surface area contributed by atoms with E-state index in [0.717, 1.165) is 11.3 Å². The maximum absolute atomic E-state index is 12.6. The number of carbonyl (C=O) groups excluding carboxylic acids is 1. The van der Waals surface area contributed by atoms with Crippen molar-refractivity contribution in [1.82, 2.24) is 10.2 Å². The molecule has 0 radical (unpaired) electrons. The van der Waals surface area contributed by atoms with Crippen molar-refractivity contribution in [3.05, 3.63) is 54.2 Å². The van der Waals surface area contributed by atoms with Gasteiger partial charge in [0.1, 0.15) is 22.9 Å². The van der Waals surface area contributed by atoms with E-state index < -0.39 is 0 Å². The molecule has 0 aliphatic heterocycles. The van der Waals surface area contributed by atoms with Gasteiger partial charge >= 0.3 is 0 Å². The van der Waals surface area contributed by atoms with Crippen molar-refractivity contribution in [3.8, 4) is 28.5 Å². The van der Waals surface area contributed by atoms with Crippen LogP contribution in [0.4, 0.5) is 5.69 Å². The van der Waals surface area contributed by atoms with Crippen molar-refractivity contribution in [1.29, 1.82) is 0 Å². The monoisotopic (exact) mass is 367 g/mol. The van der Waals surface area contributed by atoms with Crippen molar-refractivity contribution in [2.45, 2.75) is 6.92 Å². The lowest BCUT2D eigenvalue weighted by atomic mass is 10.1. The van der Waals surface area contributed by atoms with E-state index in [-0.39, 0.29) is 5.91 Å². The lowest BCUT2D eigenvalue weighted by Gasteiger charge is -2.11. The van der Waals surface area contributed by atoms with Gasteiger partial charge in [-0.3, -0.25) is 9.89 Å². The molecule has 0 spiro atoms. The summed E-state index contributed by atoms with van der Waals surface area (Å²) in [5.74, 6) is 1.62. The van der Waals surface area contributed by atoms with Gasteiger partial charge in [-0.05, 0) is 49.4 Å². The SMILES string of the molecule is CCOc1ccc(-c2cc(C(=O)Nc3cc(OC)ccc3OC)[nH]n2)cc1. The van der Waals surface area contributed by atoms with Crippen LogP contribution in [0.25, 0.3) is 11.3 Å². The summed E-state index contributed by atoms with van der Waals surface area (Å²) >= 11 is 0. The number of hydrogen-bond donors (Lipinski definition) is 2. The van der Waals surface area contributed by atoms with E-state index in [9.17, 15) is 4.79 Å². The number of amides is 1. The molecule has 0 bridgehead atoms. The summed E-state index contributed by atoms with van der Waals surface area (Å²) in [6.07, 6.45) is 0. The fourth-order valence-corrected chi connectivity index (χ4v) is 2.58. The summed E-state index contributed by atoms with van der Waals surface area (Å²) in [5.41, 5.74) is 2.40. The third-order valence-corrected chi connectivity index (χ3v) is 3.94. The number of anilines is 1. The first-order valence-corrected chi connectivity index (χ1v) is 8.46. The zero-order valence-electron chi connectivity index (χ0n) is 15.4. The van der Waals surface area contributed by atoms with E-state index in [1.165, 1.54) is 7.11 Å². The minimum Gasteiger partial charge on any atom is -0.497 e. The Labute approximate surface area is 157 Å². The normalized spacial score (nSPS) is 10.3. The highest BCUT2D eigenvalue weighted by Crippen LogP contribution is 2.29. The molecule has 0 atom stereocenters. The molecule has 3 aromatic rings. The van der Waals surface area contributed by atoms with Crippen molar-refractivity contribution < 1.29 is 19.0 Å². The number of methoxy groups -OCH3 is 2. The number of nitrogens with zero attached hydrogens (tertiary/aromatic N) is 1. The largest absolute Gasteiger partial charge is 0.497 e. The Kier molecular flexibility index (Phi) is 5.61. The summed E-state index contributed by atoms with van der Waals surface area (Å²) in [4.78, 5) is 12.6. The second-order valence-corrected chi connectivity index (χ2v) is 5.64. The predicted molar refractivity (Wildman–Crippen MR) is 103 cm³/mol. The first-order valence-electron chi connectivity index (χ1n) is 8.46. The predicted octanol–water partition coefficient (Wildman–Crippen LogP) is 3.74. The molecule has 1 heterocycles. The average molecular weight is 367 g/mol. The van der Waals surface area contributed by atoms with E-state index in [1.54, 1.807) is 31.4 Å². The first-order chi connectivity index (χ1) is 13.1. The summed E-state index contributed by atoms with van der Waals surface area (Å²) in [6.45, 7) is 2.55. The Morgan fingerprint density at radius 3 is 2.44 bits per heavy atom. The number of rotatable bonds is 7. The summed E-state index contributed by atoms with van der Waals surface area (Å²) in [5, 5.41) is 9.79. The van der Waals surface area contributed by atoms with Crippen molar-refractivity contribution >= 4 is 11.6 Å². The minimum atomic E-state index is -0.328. The zero-order chi connectivity index (χ0) is 19.2. The topological polar surface area (TPSA) is 85.5 Å². The van der Waals surface area contributed by atoms with Gasteiger partial charge in [-0.15, -0.1) is 0 Å². The maximum Gasteiger partial charge on any atom is 0.273 e. The minimum absolute atomic E-state index is 0.328. The van der Waals surface area contributed by atoms with E-state index in [1.807, 2.05) is 31.2 Å². The zero-order valence-corrected chi connectivity index (χ0v) is 15.4. The highest BCUT2D eigenvalue weighted by Gasteiger charge is 2.14. The van der Waals surface area contributed by atoms with Gasteiger partial charge < -0.3 is 19.5 Å². The molecule has 0 saturated heterocycles. The van der Waals surface area contributed by atoms with Gasteiger partial charge in [0.15, 0.2) is 0 Å². The number of benzene rings is 2. The summed E-state index contributed by atoms with van der Waals surface area (Å²) < 4.78 is 15.9. The highest BCUT2D eigenvalue weighted by molar-refractivity contribution is 6.04. The third-order valence-electron chi connectivity index (χ3n) is 3.94. The second-order valence-electron chi connectivity index (χ2n) is 5.64. The first kappa shape index (κ1) is 18.3. The lowest BCUT2D eigenvalue weighted by molar-refractivity contribution is 0.102. The molecule has 0 unspecified atom stereocenters. The summed E-state index contributed by atoms with van der Waals surface area (Å²) in [6, 6.07) is 14.4. The molecule has 140 valence electrons. The van der Waals surface area contributed by atoms with Crippen LogP contribution >= 0.6 is 0 Å². The Hall–Kier alpha value is -3.48. The van der Waals surface area contributed by atoms with Gasteiger partial charge in [-0.1, -0.05) is 0 Å². The smallest absolute Gasteiger partial charge is 0.273 e. The average Bonchev–Trinajstić information content (AvgIpc) is 3.19. The molecule has 7 nitrogen and oxygen atoms in total. The van der Waals surface area contributed by atoms with Crippen molar-refractivity contribution in [3.63, 3.8) is 0 Å². The summed E-state index contributed by atoms with van der Waals surface area (Å²) in [7, 11) is 3.10. The molecule has 3 rings (SSSR count). The molecule has 0 saturated carbocycles. The second kappa shape index (κ2) is 8.27. The molecule has 0 fully saturated rings. The molecule has 1 aromatic heterocycles. The number of H-pyrrole nitrogens is 1. The van der Waals surface area contributed by atoms with E-state index in [0.29, 0.717) is 35.2 Å². The Morgan fingerprint density at radius 1 is 1.04 bits per heavy atom. The molecule has 1 amide bonds. The van der Waals surface area contributed by atoms with Crippen LogP contribution < -0.4 is 19.5 Å². The van der Waals surface area contributed by atoms with Gasteiger partial charge in [0, 0.05) is 11.6 Å². The molecule has 2 N–H and O–H groups in total. The number of hydrogen-bond acceptors (Lipinski definition) is 5. The van der Waals surface area contributed by atoms with Crippen LogP contribution in [0.5, 0.6) is 17.2 Å². The fraction of sp³-hybridized carbons (Fsp3) is 0.200. The number of aromatic nitrogens is 2. The Bertz CT molecular complexity index is 919. The fourth-order valence-electron chi connectivity index (χ4n) is 2.58. The van der Waals surface area contributed by atoms with Crippen LogP contribution in [0, 0.1) is 0 Å². The molecule has 27 heavy (non-hydrogen) atoms. The quantitative estimate of drug-likeness (QED) is 0.664. The third kappa shape index (κ3) is 4.20. The van der Waals surface area contributed by atoms with Gasteiger partial charge in [0.2, 0.25) is 0 Å². The lowest BCUT2D eigenvalue weighted by Crippen LogP contribution is -2.13. The van der Waals surface area contributed by atoms with Crippen molar-refractivity contribution in [2.24, 2.45) is 0 Å². The van der Waals surface area contributed by atoms with E-state index in [2.05, 4.69) is 15.5 Å². The molecule has 0 aliphatic rings. The van der Waals surface area contributed by atoms with Crippen LogP contribution in [-0.4, -0.2) is 36.9 Å². The van der Waals surface area contributed by atoms with Crippen LogP contribution in [0.15, 0.2) is 48.5 Å². The van der Waals surface area contributed by atoms with E-state index in [4.69, 9.17) is 14.2 Å². The van der Waals surface area contributed by atoms with Crippen LogP contribution in [0.3, 0.4) is 0 Å². The number of nitrogens with one attached hydrogen (secondary N) is 2.